The van der Waals surface area contributed by atoms with E-state index in [0.717, 1.165) is 5.57 Å². The fourth-order valence-corrected chi connectivity index (χ4v) is 9.98. The van der Waals surface area contributed by atoms with Gasteiger partial charge in [-0.25, -0.2) is 4.79 Å². The second-order valence-electron chi connectivity index (χ2n) is 13.8. The molecule has 0 spiro atoms. The molecule has 40 heavy (non-hydrogen) atoms. The zero-order chi connectivity index (χ0) is 30.0. The number of benzene rings is 2. The average molecular weight is 565 g/mol. The Hall–Kier alpha value is -2.19. The zero-order valence-electron chi connectivity index (χ0n) is 26.5. The summed E-state index contributed by atoms with van der Waals surface area (Å²) >= 11 is 0. The Morgan fingerprint density at radius 2 is 1.27 bits per heavy atom. The topological polar surface area (TPSA) is 54.0 Å². The molecule has 1 fully saturated rings. The van der Waals surface area contributed by atoms with Crippen LogP contribution in [0.3, 0.4) is 0 Å². The standard InChI is InChI=1S/C33H49BO5Si/c1-12-36-29(35)27(23-34-38-32(8,9)33(10,11)39-34)28(30(2,3)4)24-37-40(31(5,6)7,25-19-15-13-16-20-25)26-21-17-14-18-22-26/h13-22H,12,23-24H2,1-11H3/b28-27+. The smallest absolute Gasteiger partial charge is 0.462 e. The number of ether oxygens (including phenoxy) is 1. The van der Waals surface area contributed by atoms with Crippen LogP contribution in [-0.4, -0.2) is 45.8 Å². The monoisotopic (exact) mass is 564 g/mol. The maximum Gasteiger partial charge on any atom is 0.462 e. The van der Waals surface area contributed by atoms with Gasteiger partial charge in [0.05, 0.1) is 24.4 Å². The van der Waals surface area contributed by atoms with Crippen LogP contribution in [0, 0.1) is 5.41 Å². The Morgan fingerprint density at radius 3 is 1.65 bits per heavy atom. The third kappa shape index (κ3) is 6.65. The molecule has 2 aromatic rings. The van der Waals surface area contributed by atoms with Crippen molar-refractivity contribution < 1.29 is 23.3 Å². The first-order valence-electron chi connectivity index (χ1n) is 14.5. The summed E-state index contributed by atoms with van der Waals surface area (Å²) in [7, 11) is -3.39. The third-order valence-corrected chi connectivity index (χ3v) is 13.3. The molecule has 0 N–H and O–H groups in total. The Bertz CT molecular complexity index is 1120. The summed E-state index contributed by atoms with van der Waals surface area (Å²) in [5.41, 5.74) is 0.131. The van der Waals surface area contributed by atoms with E-state index in [1.54, 1.807) is 0 Å². The van der Waals surface area contributed by atoms with Crippen LogP contribution in [0.5, 0.6) is 0 Å². The molecule has 0 radical (unpaired) electrons. The maximum absolute atomic E-state index is 13.6. The molecule has 1 saturated heterocycles. The molecule has 7 heteroatoms. The van der Waals surface area contributed by atoms with E-state index in [0.29, 0.717) is 25.1 Å². The summed E-state index contributed by atoms with van der Waals surface area (Å²) in [6.45, 7) is 23.7. The summed E-state index contributed by atoms with van der Waals surface area (Å²) in [5.74, 6) is -0.340. The highest BCUT2D eigenvalue weighted by atomic mass is 28.4. The van der Waals surface area contributed by atoms with E-state index in [9.17, 15) is 4.79 Å². The molecule has 0 atom stereocenters. The zero-order valence-corrected chi connectivity index (χ0v) is 27.5. The van der Waals surface area contributed by atoms with Crippen LogP contribution in [0.4, 0.5) is 0 Å². The molecule has 0 bridgehead atoms. The molecule has 2 aromatic carbocycles. The normalized spacial score (nSPS) is 17.9. The minimum atomic E-state index is -2.83. The lowest BCUT2D eigenvalue weighted by molar-refractivity contribution is -0.138. The summed E-state index contributed by atoms with van der Waals surface area (Å²) in [5, 5.41) is 2.21. The van der Waals surface area contributed by atoms with Crippen molar-refractivity contribution in [3.8, 4) is 0 Å². The van der Waals surface area contributed by atoms with E-state index in [1.165, 1.54) is 10.4 Å². The molecule has 0 saturated carbocycles. The number of carbonyl (C=O) groups is 1. The van der Waals surface area contributed by atoms with Gasteiger partial charge >= 0.3 is 13.1 Å². The summed E-state index contributed by atoms with van der Waals surface area (Å²) in [6, 6.07) is 21.1. The highest BCUT2D eigenvalue weighted by molar-refractivity contribution is 6.99. The summed E-state index contributed by atoms with van der Waals surface area (Å²) < 4.78 is 25.6. The van der Waals surface area contributed by atoms with Crippen molar-refractivity contribution in [3.05, 3.63) is 71.8 Å². The van der Waals surface area contributed by atoms with Gasteiger partial charge in [-0.1, -0.05) is 102 Å². The summed E-state index contributed by atoms with van der Waals surface area (Å²) in [6.07, 6.45) is 0.294. The number of hydrogen-bond donors (Lipinski definition) is 0. The molecule has 5 nitrogen and oxygen atoms in total. The molecule has 0 unspecified atom stereocenters. The van der Waals surface area contributed by atoms with E-state index < -0.39 is 26.6 Å². The van der Waals surface area contributed by atoms with Crippen molar-refractivity contribution in [3.63, 3.8) is 0 Å². The lowest BCUT2D eigenvalue weighted by Gasteiger charge is -2.44. The molecule has 1 heterocycles. The van der Waals surface area contributed by atoms with Gasteiger partial charge in [-0.2, -0.15) is 0 Å². The predicted molar refractivity (Wildman–Crippen MR) is 168 cm³/mol. The summed E-state index contributed by atoms with van der Waals surface area (Å²) in [4.78, 5) is 13.6. The second-order valence-corrected chi connectivity index (χ2v) is 18.1. The molecule has 0 aromatic heterocycles. The molecule has 218 valence electrons. The van der Waals surface area contributed by atoms with Crippen molar-refractivity contribution >= 4 is 31.8 Å². The SMILES string of the molecule is CCOC(=O)/C(CB1OC(C)(C)C(C)(C)O1)=C(\CO[Si](c1ccccc1)(c1ccccc1)C(C)(C)C)C(C)(C)C. The third-order valence-electron chi connectivity index (χ3n) is 8.31. The van der Waals surface area contributed by atoms with Gasteiger partial charge in [0.2, 0.25) is 0 Å². The van der Waals surface area contributed by atoms with Gasteiger partial charge in [-0.15, -0.1) is 0 Å². The average Bonchev–Trinajstić information content (AvgIpc) is 3.06. The van der Waals surface area contributed by atoms with Crippen LogP contribution in [-0.2, 0) is 23.3 Å². The Morgan fingerprint density at radius 1 is 0.825 bits per heavy atom. The van der Waals surface area contributed by atoms with Crippen LogP contribution in [0.15, 0.2) is 71.8 Å². The highest BCUT2D eigenvalue weighted by Gasteiger charge is 2.53. The fraction of sp³-hybridized carbons (Fsp3) is 0.545. The predicted octanol–water partition coefficient (Wildman–Crippen LogP) is 6.56. The van der Waals surface area contributed by atoms with E-state index in [2.05, 4.69) is 90.1 Å². The Labute approximate surface area is 243 Å². The lowest BCUT2D eigenvalue weighted by atomic mass is 9.74. The van der Waals surface area contributed by atoms with Crippen molar-refractivity contribution in [2.24, 2.45) is 5.41 Å². The van der Waals surface area contributed by atoms with E-state index in [4.69, 9.17) is 18.5 Å². The second kappa shape index (κ2) is 12.0. The maximum atomic E-state index is 13.6. The lowest BCUT2D eigenvalue weighted by Crippen LogP contribution is -2.66. The van der Waals surface area contributed by atoms with Crippen LogP contribution in [0.25, 0.3) is 0 Å². The molecule has 1 aliphatic rings. The number of carbonyl (C=O) groups excluding carboxylic acids is 1. The van der Waals surface area contributed by atoms with Gasteiger partial charge in [0.15, 0.2) is 0 Å². The van der Waals surface area contributed by atoms with Gasteiger partial charge in [0.25, 0.3) is 8.32 Å². The first-order chi connectivity index (χ1) is 18.5. The van der Waals surface area contributed by atoms with Crippen LogP contribution in [0.1, 0.15) is 76.2 Å². The highest BCUT2D eigenvalue weighted by Crippen LogP contribution is 2.42. The van der Waals surface area contributed by atoms with Gasteiger partial charge in [-0.3, -0.25) is 0 Å². The van der Waals surface area contributed by atoms with Crippen LogP contribution >= 0.6 is 0 Å². The quantitative estimate of drug-likeness (QED) is 0.196. The van der Waals surface area contributed by atoms with Crippen molar-refractivity contribution in [1.29, 1.82) is 0 Å². The van der Waals surface area contributed by atoms with E-state index in [-0.39, 0.29) is 16.4 Å². The van der Waals surface area contributed by atoms with Crippen LogP contribution in [0.2, 0.25) is 11.4 Å². The van der Waals surface area contributed by atoms with Gasteiger partial charge < -0.3 is 18.5 Å². The number of hydrogen-bond acceptors (Lipinski definition) is 5. The van der Waals surface area contributed by atoms with Gasteiger partial charge in [0, 0.05) is 11.9 Å². The van der Waals surface area contributed by atoms with E-state index >= 15 is 0 Å². The molecule has 1 aliphatic heterocycles. The minimum Gasteiger partial charge on any atom is -0.463 e. The molecular formula is C33H49BO5Si. The number of rotatable bonds is 9. The first-order valence-corrected chi connectivity index (χ1v) is 16.4. The fourth-order valence-electron chi connectivity index (χ4n) is 5.46. The van der Waals surface area contributed by atoms with Crippen LogP contribution < -0.4 is 10.4 Å². The van der Waals surface area contributed by atoms with Crippen molar-refractivity contribution in [2.75, 3.05) is 13.2 Å². The Kier molecular flexibility index (Phi) is 9.67. The van der Waals surface area contributed by atoms with Gasteiger partial charge in [-0.05, 0) is 61.0 Å². The first kappa shape index (κ1) is 32.3. The van der Waals surface area contributed by atoms with Gasteiger partial charge in [0.1, 0.15) is 0 Å². The molecule has 0 amide bonds. The van der Waals surface area contributed by atoms with Crippen molar-refractivity contribution in [1.82, 2.24) is 0 Å². The number of esters is 1. The molecule has 0 aliphatic carbocycles. The molecule has 3 rings (SSSR count). The largest absolute Gasteiger partial charge is 0.463 e. The molecular weight excluding hydrogens is 515 g/mol. The Balaban J connectivity index is 2.16. The van der Waals surface area contributed by atoms with E-state index in [1.807, 2.05) is 46.8 Å². The van der Waals surface area contributed by atoms with Crippen molar-refractivity contribution in [2.45, 2.75) is 98.7 Å². The minimum absolute atomic E-state index is 0.186.